The predicted octanol–water partition coefficient (Wildman–Crippen LogP) is 1.72. The zero-order chi connectivity index (χ0) is 14.2. The van der Waals surface area contributed by atoms with Crippen LogP contribution in [0, 0.1) is 5.82 Å². The van der Waals surface area contributed by atoms with E-state index in [2.05, 4.69) is 0 Å². The summed E-state index contributed by atoms with van der Waals surface area (Å²) in [5, 5.41) is 9.06. The number of rotatable bonds is 2. The van der Waals surface area contributed by atoms with Gasteiger partial charge in [-0.25, -0.2) is 9.18 Å². The van der Waals surface area contributed by atoms with Gasteiger partial charge in [-0.15, -0.1) is 0 Å². The second-order valence-electron chi connectivity index (χ2n) is 5.21. The van der Waals surface area contributed by atoms with Crippen LogP contribution in [-0.4, -0.2) is 36.4 Å². The second kappa shape index (κ2) is 4.70. The molecule has 0 atom stereocenters. The van der Waals surface area contributed by atoms with Gasteiger partial charge in [-0.2, -0.15) is 0 Å². The normalized spacial score (nSPS) is 18.4. The van der Waals surface area contributed by atoms with Crippen LogP contribution in [0.5, 0.6) is 0 Å². The number of carboxylic acids is 1. The standard InChI is InChI=1S/C13H17FN2O3/c1-13(2)7-19-4-3-16(13)11-5-8(12(17)18)10(15)6-9(11)14/h5-6H,3-4,7,15H2,1-2H3,(H,17,18). The summed E-state index contributed by atoms with van der Waals surface area (Å²) >= 11 is 0. The first-order valence-corrected chi connectivity index (χ1v) is 6.00. The first kappa shape index (κ1) is 13.6. The van der Waals surface area contributed by atoms with Crippen molar-refractivity contribution in [2.24, 2.45) is 0 Å². The summed E-state index contributed by atoms with van der Waals surface area (Å²) in [5.74, 6) is -1.68. The first-order valence-electron chi connectivity index (χ1n) is 6.00. The molecule has 2 rings (SSSR count). The van der Waals surface area contributed by atoms with Crippen molar-refractivity contribution in [2.45, 2.75) is 19.4 Å². The van der Waals surface area contributed by atoms with Gasteiger partial charge in [0.05, 0.1) is 30.0 Å². The number of aromatic carboxylic acids is 1. The number of nitrogen functional groups attached to an aromatic ring is 1. The van der Waals surface area contributed by atoms with Crippen molar-refractivity contribution >= 4 is 17.3 Å². The number of hydrogen-bond donors (Lipinski definition) is 2. The predicted molar refractivity (Wildman–Crippen MR) is 70.0 cm³/mol. The largest absolute Gasteiger partial charge is 0.478 e. The summed E-state index contributed by atoms with van der Waals surface area (Å²) in [6, 6.07) is 2.35. The molecule has 1 saturated heterocycles. The molecule has 0 aliphatic carbocycles. The smallest absolute Gasteiger partial charge is 0.337 e. The number of nitrogens with two attached hydrogens (primary N) is 1. The summed E-state index contributed by atoms with van der Waals surface area (Å²) in [6.07, 6.45) is 0. The number of benzene rings is 1. The average molecular weight is 268 g/mol. The molecule has 6 heteroatoms. The molecule has 0 saturated carbocycles. The van der Waals surface area contributed by atoms with E-state index in [9.17, 15) is 9.18 Å². The number of carboxylic acid groups (broad SMARTS) is 1. The molecule has 1 aromatic carbocycles. The number of carbonyl (C=O) groups is 1. The minimum Gasteiger partial charge on any atom is -0.478 e. The lowest BCUT2D eigenvalue weighted by Crippen LogP contribution is -2.53. The van der Waals surface area contributed by atoms with Crippen LogP contribution in [-0.2, 0) is 4.74 Å². The monoisotopic (exact) mass is 268 g/mol. The Bertz CT molecular complexity index is 517. The minimum absolute atomic E-state index is 0.0696. The van der Waals surface area contributed by atoms with E-state index in [1.165, 1.54) is 6.07 Å². The Morgan fingerprint density at radius 2 is 2.21 bits per heavy atom. The van der Waals surface area contributed by atoms with Crippen LogP contribution >= 0.6 is 0 Å². The van der Waals surface area contributed by atoms with Crippen LogP contribution < -0.4 is 10.6 Å². The maximum Gasteiger partial charge on any atom is 0.337 e. The fourth-order valence-corrected chi connectivity index (χ4v) is 2.27. The maximum atomic E-state index is 14.1. The molecule has 104 valence electrons. The lowest BCUT2D eigenvalue weighted by molar-refractivity contribution is 0.0639. The van der Waals surface area contributed by atoms with E-state index in [0.29, 0.717) is 19.8 Å². The van der Waals surface area contributed by atoms with Gasteiger partial charge in [-0.05, 0) is 26.0 Å². The van der Waals surface area contributed by atoms with Gasteiger partial charge in [0, 0.05) is 12.2 Å². The Labute approximate surface area is 110 Å². The molecule has 1 aliphatic rings. The molecule has 1 aromatic rings. The van der Waals surface area contributed by atoms with Gasteiger partial charge in [-0.1, -0.05) is 0 Å². The van der Waals surface area contributed by atoms with E-state index in [0.717, 1.165) is 6.07 Å². The molecule has 1 aliphatic heterocycles. The zero-order valence-electron chi connectivity index (χ0n) is 10.9. The fraction of sp³-hybridized carbons (Fsp3) is 0.462. The van der Waals surface area contributed by atoms with Crippen molar-refractivity contribution in [2.75, 3.05) is 30.4 Å². The molecule has 3 N–H and O–H groups in total. The van der Waals surface area contributed by atoms with Crippen LogP contribution in [0.2, 0.25) is 0 Å². The Hall–Kier alpha value is -1.82. The number of halogens is 1. The van der Waals surface area contributed by atoms with Gasteiger partial charge in [0.15, 0.2) is 0 Å². The van der Waals surface area contributed by atoms with E-state index in [4.69, 9.17) is 15.6 Å². The summed E-state index contributed by atoms with van der Waals surface area (Å²) in [6.45, 7) is 5.28. The fourth-order valence-electron chi connectivity index (χ4n) is 2.27. The van der Waals surface area contributed by atoms with Crippen molar-refractivity contribution in [3.05, 3.63) is 23.5 Å². The molecule has 19 heavy (non-hydrogen) atoms. The summed E-state index contributed by atoms with van der Waals surface area (Å²) in [4.78, 5) is 12.9. The quantitative estimate of drug-likeness (QED) is 0.799. The highest BCUT2D eigenvalue weighted by molar-refractivity contribution is 5.95. The topological polar surface area (TPSA) is 75.8 Å². The molecular weight excluding hydrogens is 251 g/mol. The van der Waals surface area contributed by atoms with Crippen LogP contribution in [0.3, 0.4) is 0 Å². The van der Waals surface area contributed by atoms with Crippen molar-refractivity contribution in [1.82, 2.24) is 0 Å². The van der Waals surface area contributed by atoms with E-state index >= 15 is 0 Å². The van der Waals surface area contributed by atoms with Crippen molar-refractivity contribution in [3.63, 3.8) is 0 Å². The molecule has 1 fully saturated rings. The van der Waals surface area contributed by atoms with Crippen LogP contribution in [0.4, 0.5) is 15.8 Å². The van der Waals surface area contributed by atoms with Gasteiger partial charge in [0.25, 0.3) is 0 Å². The molecule has 1 heterocycles. The van der Waals surface area contributed by atoms with Crippen LogP contribution in [0.15, 0.2) is 12.1 Å². The van der Waals surface area contributed by atoms with Crippen LogP contribution in [0.25, 0.3) is 0 Å². The SMILES string of the molecule is CC1(C)COCCN1c1cc(C(=O)O)c(N)cc1F. The van der Waals surface area contributed by atoms with E-state index in [1.54, 1.807) is 0 Å². The molecule has 5 nitrogen and oxygen atoms in total. The third-order valence-electron chi connectivity index (χ3n) is 3.29. The van der Waals surface area contributed by atoms with Gasteiger partial charge in [0.1, 0.15) is 5.82 Å². The third kappa shape index (κ3) is 2.49. The van der Waals surface area contributed by atoms with Crippen LogP contribution in [0.1, 0.15) is 24.2 Å². The first-order chi connectivity index (χ1) is 8.83. The summed E-state index contributed by atoms with van der Waals surface area (Å²) < 4.78 is 19.4. The van der Waals surface area contributed by atoms with Gasteiger partial charge in [0.2, 0.25) is 0 Å². The summed E-state index contributed by atoms with van der Waals surface area (Å²) in [5.41, 5.74) is 5.22. The van der Waals surface area contributed by atoms with Crippen molar-refractivity contribution < 1.29 is 19.0 Å². The second-order valence-corrected chi connectivity index (χ2v) is 5.21. The number of anilines is 2. The molecule has 0 bridgehead atoms. The average Bonchev–Trinajstić information content (AvgIpc) is 2.29. The highest BCUT2D eigenvalue weighted by Gasteiger charge is 2.33. The Morgan fingerprint density at radius 1 is 1.53 bits per heavy atom. The van der Waals surface area contributed by atoms with E-state index in [-0.39, 0.29) is 16.9 Å². The lowest BCUT2D eigenvalue weighted by Gasteiger charge is -2.44. The van der Waals surface area contributed by atoms with Crippen molar-refractivity contribution in [1.29, 1.82) is 0 Å². The van der Waals surface area contributed by atoms with E-state index in [1.807, 2.05) is 18.7 Å². The molecule has 0 radical (unpaired) electrons. The number of morpholine rings is 1. The Balaban J connectivity index is 2.49. The Morgan fingerprint density at radius 3 is 2.79 bits per heavy atom. The van der Waals surface area contributed by atoms with Gasteiger partial charge >= 0.3 is 5.97 Å². The number of nitrogens with zero attached hydrogens (tertiary/aromatic N) is 1. The van der Waals surface area contributed by atoms with Gasteiger partial charge < -0.3 is 20.5 Å². The molecule has 0 unspecified atom stereocenters. The minimum atomic E-state index is -1.16. The molecule has 0 spiro atoms. The molecular formula is C13H17FN2O3. The number of ether oxygens (including phenoxy) is 1. The number of hydrogen-bond acceptors (Lipinski definition) is 4. The molecule has 0 amide bonds. The highest BCUT2D eigenvalue weighted by Crippen LogP contribution is 2.32. The lowest BCUT2D eigenvalue weighted by atomic mass is 10.00. The Kier molecular flexibility index (Phi) is 3.36. The third-order valence-corrected chi connectivity index (χ3v) is 3.29. The molecule has 0 aromatic heterocycles. The maximum absolute atomic E-state index is 14.1. The summed E-state index contributed by atoms with van der Waals surface area (Å²) in [7, 11) is 0. The van der Waals surface area contributed by atoms with E-state index < -0.39 is 17.3 Å². The van der Waals surface area contributed by atoms with Gasteiger partial charge in [-0.3, -0.25) is 0 Å². The van der Waals surface area contributed by atoms with Crippen molar-refractivity contribution in [3.8, 4) is 0 Å². The highest BCUT2D eigenvalue weighted by atomic mass is 19.1. The zero-order valence-corrected chi connectivity index (χ0v) is 10.9.